The summed E-state index contributed by atoms with van der Waals surface area (Å²) in [5, 5.41) is 13.2. The van der Waals surface area contributed by atoms with Gasteiger partial charge >= 0.3 is 0 Å². The number of nitrogens with one attached hydrogen (secondary N) is 1. The molecule has 0 fully saturated rings. The van der Waals surface area contributed by atoms with Crippen LogP contribution in [0.3, 0.4) is 0 Å². The molecule has 3 rings (SSSR count). The van der Waals surface area contributed by atoms with E-state index >= 15 is 0 Å². The van der Waals surface area contributed by atoms with E-state index in [-0.39, 0.29) is 6.04 Å². The SMILES string of the molecule is CCC(Nc1ccc(O)c(C)c1)c1ccc2c(c1)CCO2. The van der Waals surface area contributed by atoms with Crippen molar-refractivity contribution in [3.63, 3.8) is 0 Å². The van der Waals surface area contributed by atoms with E-state index in [0.29, 0.717) is 5.75 Å². The lowest BCUT2D eigenvalue weighted by Gasteiger charge is -2.20. The molecule has 0 aliphatic carbocycles. The molecular formula is C18H21NO2. The highest BCUT2D eigenvalue weighted by Crippen LogP contribution is 2.31. The van der Waals surface area contributed by atoms with Crippen molar-refractivity contribution in [2.24, 2.45) is 0 Å². The van der Waals surface area contributed by atoms with Crippen molar-refractivity contribution in [1.82, 2.24) is 0 Å². The van der Waals surface area contributed by atoms with Crippen molar-refractivity contribution >= 4 is 5.69 Å². The zero-order valence-electron chi connectivity index (χ0n) is 12.5. The van der Waals surface area contributed by atoms with E-state index < -0.39 is 0 Å². The highest BCUT2D eigenvalue weighted by Gasteiger charge is 2.16. The van der Waals surface area contributed by atoms with Gasteiger partial charge in [0.2, 0.25) is 0 Å². The standard InChI is InChI=1S/C18H21NO2/c1-3-16(19-15-5-6-17(20)12(2)10-15)13-4-7-18-14(11-13)8-9-21-18/h4-7,10-11,16,19-20H,3,8-9H2,1-2H3. The molecule has 0 saturated carbocycles. The van der Waals surface area contributed by atoms with E-state index in [1.54, 1.807) is 6.07 Å². The molecule has 1 unspecified atom stereocenters. The molecule has 0 spiro atoms. The van der Waals surface area contributed by atoms with Gasteiger partial charge in [-0.25, -0.2) is 0 Å². The summed E-state index contributed by atoms with van der Waals surface area (Å²) in [6.45, 7) is 4.88. The quantitative estimate of drug-likeness (QED) is 0.826. The number of fused-ring (bicyclic) bond motifs is 1. The summed E-state index contributed by atoms with van der Waals surface area (Å²) in [5.74, 6) is 1.36. The average Bonchev–Trinajstić information content (AvgIpc) is 2.95. The first-order chi connectivity index (χ1) is 10.2. The van der Waals surface area contributed by atoms with E-state index in [1.165, 1.54) is 11.1 Å². The molecule has 0 aromatic heterocycles. The largest absolute Gasteiger partial charge is 0.508 e. The Morgan fingerprint density at radius 3 is 2.86 bits per heavy atom. The molecule has 1 aliphatic heterocycles. The Hall–Kier alpha value is -2.16. The number of benzene rings is 2. The molecule has 2 aromatic rings. The lowest BCUT2D eigenvalue weighted by molar-refractivity contribution is 0.357. The molecule has 110 valence electrons. The minimum atomic E-state index is 0.264. The molecule has 21 heavy (non-hydrogen) atoms. The third kappa shape index (κ3) is 2.82. The number of hydrogen-bond donors (Lipinski definition) is 2. The number of hydrogen-bond acceptors (Lipinski definition) is 3. The lowest BCUT2D eigenvalue weighted by Crippen LogP contribution is -2.10. The smallest absolute Gasteiger partial charge is 0.122 e. The van der Waals surface area contributed by atoms with E-state index in [2.05, 4.69) is 30.4 Å². The van der Waals surface area contributed by atoms with E-state index in [0.717, 1.165) is 36.4 Å². The third-order valence-electron chi connectivity index (χ3n) is 4.06. The second-order valence-electron chi connectivity index (χ2n) is 5.57. The van der Waals surface area contributed by atoms with Gasteiger partial charge in [0.25, 0.3) is 0 Å². The maximum Gasteiger partial charge on any atom is 0.122 e. The Morgan fingerprint density at radius 1 is 1.24 bits per heavy atom. The number of aromatic hydroxyl groups is 1. The predicted molar refractivity (Wildman–Crippen MR) is 85.1 cm³/mol. The monoisotopic (exact) mass is 283 g/mol. The number of rotatable bonds is 4. The summed E-state index contributed by atoms with van der Waals surface area (Å²) in [4.78, 5) is 0. The third-order valence-corrected chi connectivity index (χ3v) is 4.06. The first kappa shape index (κ1) is 13.8. The van der Waals surface area contributed by atoms with Gasteiger partial charge in [-0.15, -0.1) is 0 Å². The van der Waals surface area contributed by atoms with Crippen molar-refractivity contribution in [2.75, 3.05) is 11.9 Å². The van der Waals surface area contributed by atoms with Crippen LogP contribution in [0.15, 0.2) is 36.4 Å². The van der Waals surface area contributed by atoms with Crippen LogP contribution in [-0.2, 0) is 6.42 Å². The molecule has 2 aromatic carbocycles. The molecule has 3 nitrogen and oxygen atoms in total. The lowest BCUT2D eigenvalue weighted by atomic mass is 10.00. The van der Waals surface area contributed by atoms with Crippen molar-refractivity contribution < 1.29 is 9.84 Å². The first-order valence-electron chi connectivity index (χ1n) is 7.49. The fraction of sp³-hybridized carbons (Fsp3) is 0.333. The van der Waals surface area contributed by atoms with Crippen LogP contribution in [0.2, 0.25) is 0 Å². The minimum absolute atomic E-state index is 0.264. The van der Waals surface area contributed by atoms with Crippen molar-refractivity contribution in [2.45, 2.75) is 32.7 Å². The minimum Gasteiger partial charge on any atom is -0.508 e. The van der Waals surface area contributed by atoms with Gasteiger partial charge in [-0.05, 0) is 60.4 Å². The van der Waals surface area contributed by atoms with Crippen LogP contribution in [0.25, 0.3) is 0 Å². The van der Waals surface area contributed by atoms with Gasteiger partial charge in [0.05, 0.1) is 12.6 Å². The van der Waals surface area contributed by atoms with Gasteiger partial charge in [-0.3, -0.25) is 0 Å². The molecule has 1 atom stereocenters. The van der Waals surface area contributed by atoms with Crippen LogP contribution >= 0.6 is 0 Å². The number of aryl methyl sites for hydroxylation is 1. The summed E-state index contributed by atoms with van der Waals surface area (Å²) in [6.07, 6.45) is 2.00. The summed E-state index contributed by atoms with van der Waals surface area (Å²) in [5.41, 5.74) is 4.51. The molecule has 1 heterocycles. The molecule has 0 bridgehead atoms. The van der Waals surface area contributed by atoms with Gasteiger partial charge in [0.1, 0.15) is 11.5 Å². The normalized spacial score (nSPS) is 14.4. The molecule has 0 amide bonds. The number of anilines is 1. The van der Waals surface area contributed by atoms with Crippen molar-refractivity contribution in [3.05, 3.63) is 53.1 Å². The van der Waals surface area contributed by atoms with Crippen LogP contribution in [0.4, 0.5) is 5.69 Å². The molecule has 1 aliphatic rings. The van der Waals surface area contributed by atoms with E-state index in [9.17, 15) is 5.11 Å². The van der Waals surface area contributed by atoms with Crippen molar-refractivity contribution in [1.29, 1.82) is 0 Å². The molecule has 0 radical (unpaired) electrons. The second kappa shape index (κ2) is 5.68. The van der Waals surface area contributed by atoms with E-state index in [1.807, 2.05) is 19.1 Å². The predicted octanol–water partition coefficient (Wildman–Crippen LogP) is 4.20. The Labute approximate surface area is 125 Å². The second-order valence-corrected chi connectivity index (χ2v) is 5.57. The summed E-state index contributed by atoms with van der Waals surface area (Å²) in [6, 6.07) is 12.4. The van der Waals surface area contributed by atoms with Crippen LogP contribution in [-0.4, -0.2) is 11.7 Å². The maximum absolute atomic E-state index is 9.62. The fourth-order valence-corrected chi connectivity index (χ4v) is 2.79. The van der Waals surface area contributed by atoms with E-state index in [4.69, 9.17) is 4.74 Å². The summed E-state index contributed by atoms with van der Waals surface area (Å²) < 4.78 is 5.57. The van der Waals surface area contributed by atoms with Gasteiger partial charge in [-0.2, -0.15) is 0 Å². The molecule has 2 N–H and O–H groups in total. The van der Waals surface area contributed by atoms with Crippen LogP contribution in [0, 0.1) is 6.92 Å². The number of ether oxygens (including phenoxy) is 1. The van der Waals surface area contributed by atoms with Gasteiger partial charge in [-0.1, -0.05) is 13.0 Å². The summed E-state index contributed by atoms with van der Waals surface area (Å²) >= 11 is 0. The highest BCUT2D eigenvalue weighted by atomic mass is 16.5. The van der Waals surface area contributed by atoms with Crippen LogP contribution < -0.4 is 10.1 Å². The Kier molecular flexibility index (Phi) is 3.74. The number of phenolic OH excluding ortho intramolecular Hbond substituents is 1. The Morgan fingerprint density at radius 2 is 2.10 bits per heavy atom. The first-order valence-corrected chi connectivity index (χ1v) is 7.49. The zero-order chi connectivity index (χ0) is 14.8. The molecular weight excluding hydrogens is 262 g/mol. The van der Waals surface area contributed by atoms with Crippen LogP contribution in [0.1, 0.15) is 36.1 Å². The topological polar surface area (TPSA) is 41.5 Å². The summed E-state index contributed by atoms with van der Waals surface area (Å²) in [7, 11) is 0. The Bertz CT molecular complexity index is 652. The fourth-order valence-electron chi connectivity index (χ4n) is 2.79. The molecule has 0 saturated heterocycles. The van der Waals surface area contributed by atoms with Gasteiger partial charge in [0.15, 0.2) is 0 Å². The van der Waals surface area contributed by atoms with Crippen molar-refractivity contribution in [3.8, 4) is 11.5 Å². The van der Waals surface area contributed by atoms with Crippen LogP contribution in [0.5, 0.6) is 11.5 Å². The maximum atomic E-state index is 9.62. The van der Waals surface area contributed by atoms with Gasteiger partial charge in [0, 0.05) is 12.1 Å². The Balaban J connectivity index is 1.83. The number of phenols is 1. The zero-order valence-corrected chi connectivity index (χ0v) is 12.5. The average molecular weight is 283 g/mol. The molecule has 3 heteroatoms. The van der Waals surface area contributed by atoms with Gasteiger partial charge < -0.3 is 15.2 Å². The highest BCUT2D eigenvalue weighted by molar-refractivity contribution is 5.52.